The summed E-state index contributed by atoms with van der Waals surface area (Å²) in [6, 6.07) is 10.1. The number of benzene rings is 1. The summed E-state index contributed by atoms with van der Waals surface area (Å²) in [4.78, 5) is 0. The molecule has 0 aliphatic heterocycles. The molecule has 0 saturated carbocycles. The van der Waals surface area contributed by atoms with Crippen molar-refractivity contribution in [1.82, 2.24) is 5.32 Å². The highest BCUT2D eigenvalue weighted by molar-refractivity contribution is 5.16. The minimum absolute atomic E-state index is 0.0189. The standard InChI is InChI=1S/C16H27NO2/c1-4-13(2)10-17-11-16(18)12-19-14(3)15-8-6-5-7-9-15/h5-9,13-14,16-18H,4,10-12H2,1-3H3. The van der Waals surface area contributed by atoms with Crippen molar-refractivity contribution in [2.45, 2.75) is 39.4 Å². The van der Waals surface area contributed by atoms with Crippen molar-refractivity contribution in [3.05, 3.63) is 35.9 Å². The monoisotopic (exact) mass is 265 g/mol. The van der Waals surface area contributed by atoms with Gasteiger partial charge in [-0.3, -0.25) is 0 Å². The van der Waals surface area contributed by atoms with E-state index >= 15 is 0 Å². The smallest absolute Gasteiger partial charge is 0.0897 e. The Labute approximate surface area is 117 Å². The van der Waals surface area contributed by atoms with Gasteiger partial charge in [0, 0.05) is 6.54 Å². The molecule has 0 bridgehead atoms. The summed E-state index contributed by atoms with van der Waals surface area (Å²) in [7, 11) is 0. The Kier molecular flexibility index (Phi) is 7.72. The third-order valence-corrected chi connectivity index (χ3v) is 3.38. The van der Waals surface area contributed by atoms with Crippen LogP contribution in [0.5, 0.6) is 0 Å². The van der Waals surface area contributed by atoms with Gasteiger partial charge >= 0.3 is 0 Å². The fraction of sp³-hybridized carbons (Fsp3) is 0.625. The van der Waals surface area contributed by atoms with E-state index in [4.69, 9.17) is 4.74 Å². The van der Waals surface area contributed by atoms with Gasteiger partial charge in [-0.15, -0.1) is 0 Å². The number of aliphatic hydroxyl groups is 1. The molecule has 108 valence electrons. The lowest BCUT2D eigenvalue weighted by Gasteiger charge is -2.18. The number of hydrogen-bond donors (Lipinski definition) is 2. The number of ether oxygens (including phenoxy) is 1. The van der Waals surface area contributed by atoms with Crippen molar-refractivity contribution in [2.24, 2.45) is 5.92 Å². The van der Waals surface area contributed by atoms with E-state index < -0.39 is 6.10 Å². The zero-order valence-corrected chi connectivity index (χ0v) is 12.3. The van der Waals surface area contributed by atoms with Crippen LogP contribution in [0.25, 0.3) is 0 Å². The van der Waals surface area contributed by atoms with Gasteiger partial charge in [0.05, 0.1) is 18.8 Å². The van der Waals surface area contributed by atoms with Gasteiger partial charge in [-0.05, 0) is 24.9 Å². The molecule has 19 heavy (non-hydrogen) atoms. The van der Waals surface area contributed by atoms with E-state index in [0.717, 1.165) is 18.5 Å². The molecule has 3 nitrogen and oxygen atoms in total. The second kappa shape index (κ2) is 9.08. The molecule has 3 unspecified atom stereocenters. The van der Waals surface area contributed by atoms with Gasteiger partial charge < -0.3 is 15.2 Å². The molecule has 0 saturated heterocycles. The van der Waals surface area contributed by atoms with Crippen LogP contribution in [0.2, 0.25) is 0 Å². The first-order valence-electron chi connectivity index (χ1n) is 7.18. The second-order valence-electron chi connectivity index (χ2n) is 5.21. The first-order chi connectivity index (χ1) is 9.13. The molecule has 0 radical (unpaired) electrons. The first-order valence-corrected chi connectivity index (χ1v) is 7.18. The molecule has 1 rings (SSSR count). The first kappa shape index (κ1) is 16.2. The summed E-state index contributed by atoms with van der Waals surface area (Å²) in [5, 5.41) is 13.1. The molecule has 0 aliphatic carbocycles. The van der Waals surface area contributed by atoms with Crippen LogP contribution >= 0.6 is 0 Å². The maximum Gasteiger partial charge on any atom is 0.0897 e. The minimum Gasteiger partial charge on any atom is -0.389 e. The van der Waals surface area contributed by atoms with Crippen LogP contribution in [0.15, 0.2) is 30.3 Å². The van der Waals surface area contributed by atoms with Gasteiger partial charge in [0.2, 0.25) is 0 Å². The summed E-state index contributed by atoms with van der Waals surface area (Å²) >= 11 is 0. The molecule has 3 atom stereocenters. The average molecular weight is 265 g/mol. The Morgan fingerprint density at radius 1 is 1.16 bits per heavy atom. The number of hydrogen-bond acceptors (Lipinski definition) is 3. The third-order valence-electron chi connectivity index (χ3n) is 3.38. The van der Waals surface area contributed by atoms with E-state index in [0.29, 0.717) is 19.1 Å². The van der Waals surface area contributed by atoms with E-state index in [9.17, 15) is 5.11 Å². The predicted molar refractivity (Wildman–Crippen MR) is 79.1 cm³/mol. The quantitative estimate of drug-likeness (QED) is 0.721. The number of aliphatic hydroxyl groups excluding tert-OH is 1. The van der Waals surface area contributed by atoms with Crippen LogP contribution in [0.1, 0.15) is 38.9 Å². The molecule has 1 aromatic rings. The lowest BCUT2D eigenvalue weighted by molar-refractivity contribution is -0.00221. The van der Waals surface area contributed by atoms with Crippen LogP contribution in [-0.2, 0) is 4.74 Å². The van der Waals surface area contributed by atoms with Crippen LogP contribution in [0.4, 0.5) is 0 Å². The van der Waals surface area contributed by atoms with Gasteiger partial charge in [-0.2, -0.15) is 0 Å². The summed E-state index contributed by atoms with van der Waals surface area (Å²) in [5.74, 6) is 0.649. The maximum absolute atomic E-state index is 9.84. The SMILES string of the molecule is CCC(C)CNCC(O)COC(C)c1ccccc1. The van der Waals surface area contributed by atoms with Crippen LogP contribution < -0.4 is 5.32 Å². The Balaban J connectivity index is 2.17. The Bertz CT molecular complexity index is 329. The van der Waals surface area contributed by atoms with Crippen molar-refractivity contribution in [3.8, 4) is 0 Å². The van der Waals surface area contributed by atoms with Crippen molar-refractivity contribution < 1.29 is 9.84 Å². The Morgan fingerprint density at radius 2 is 1.84 bits per heavy atom. The molecule has 0 heterocycles. The van der Waals surface area contributed by atoms with Gasteiger partial charge in [0.25, 0.3) is 0 Å². The molecular weight excluding hydrogens is 238 g/mol. The van der Waals surface area contributed by atoms with E-state index in [1.54, 1.807) is 0 Å². The highest BCUT2D eigenvalue weighted by Gasteiger charge is 2.09. The van der Waals surface area contributed by atoms with Crippen LogP contribution in [-0.4, -0.2) is 30.9 Å². The van der Waals surface area contributed by atoms with Gasteiger partial charge in [0.1, 0.15) is 0 Å². The number of rotatable bonds is 9. The lowest BCUT2D eigenvalue weighted by Crippen LogP contribution is -2.33. The van der Waals surface area contributed by atoms with E-state index in [2.05, 4.69) is 19.2 Å². The van der Waals surface area contributed by atoms with Gasteiger partial charge in [0.15, 0.2) is 0 Å². The van der Waals surface area contributed by atoms with Crippen molar-refractivity contribution >= 4 is 0 Å². The molecule has 3 heteroatoms. The average Bonchev–Trinajstić information content (AvgIpc) is 2.45. The van der Waals surface area contributed by atoms with Crippen LogP contribution in [0, 0.1) is 5.92 Å². The largest absolute Gasteiger partial charge is 0.389 e. The number of nitrogens with one attached hydrogen (secondary N) is 1. The second-order valence-corrected chi connectivity index (χ2v) is 5.21. The zero-order valence-electron chi connectivity index (χ0n) is 12.3. The maximum atomic E-state index is 9.84. The Morgan fingerprint density at radius 3 is 2.47 bits per heavy atom. The highest BCUT2D eigenvalue weighted by Crippen LogP contribution is 2.15. The molecule has 0 aromatic heterocycles. The Hall–Kier alpha value is -0.900. The molecule has 1 aromatic carbocycles. The summed E-state index contributed by atoms with van der Waals surface area (Å²) in [6.45, 7) is 8.28. The topological polar surface area (TPSA) is 41.5 Å². The van der Waals surface area contributed by atoms with E-state index in [-0.39, 0.29) is 6.10 Å². The predicted octanol–water partition coefficient (Wildman–Crippen LogP) is 2.76. The van der Waals surface area contributed by atoms with E-state index in [1.807, 2.05) is 37.3 Å². The van der Waals surface area contributed by atoms with Crippen molar-refractivity contribution in [2.75, 3.05) is 19.7 Å². The van der Waals surface area contributed by atoms with Gasteiger partial charge in [-0.25, -0.2) is 0 Å². The van der Waals surface area contributed by atoms with Crippen molar-refractivity contribution in [1.29, 1.82) is 0 Å². The highest BCUT2D eigenvalue weighted by atomic mass is 16.5. The molecule has 0 fully saturated rings. The summed E-state index contributed by atoms with van der Waals surface area (Å²) in [6.07, 6.45) is 0.727. The zero-order chi connectivity index (χ0) is 14.1. The molecular formula is C16H27NO2. The molecule has 0 aliphatic rings. The fourth-order valence-electron chi connectivity index (χ4n) is 1.78. The summed E-state index contributed by atoms with van der Waals surface area (Å²) in [5.41, 5.74) is 1.14. The summed E-state index contributed by atoms with van der Waals surface area (Å²) < 4.78 is 5.68. The lowest BCUT2D eigenvalue weighted by atomic mass is 10.1. The molecule has 2 N–H and O–H groups in total. The van der Waals surface area contributed by atoms with Crippen molar-refractivity contribution in [3.63, 3.8) is 0 Å². The molecule has 0 amide bonds. The van der Waals surface area contributed by atoms with E-state index in [1.165, 1.54) is 0 Å². The van der Waals surface area contributed by atoms with Crippen LogP contribution in [0.3, 0.4) is 0 Å². The third kappa shape index (κ3) is 6.71. The minimum atomic E-state index is -0.449. The van der Waals surface area contributed by atoms with Gasteiger partial charge in [-0.1, -0.05) is 50.6 Å². The molecule has 0 spiro atoms. The normalized spacial score (nSPS) is 16.0. The fourth-order valence-corrected chi connectivity index (χ4v) is 1.78.